The highest BCUT2D eigenvalue weighted by Gasteiger charge is 2.33. The van der Waals surface area contributed by atoms with Crippen LogP contribution >= 0.6 is 0 Å². The Hall–Kier alpha value is -4.47. The number of halogens is 1. The predicted molar refractivity (Wildman–Crippen MR) is 138 cm³/mol. The van der Waals surface area contributed by atoms with Crippen LogP contribution in [0, 0.1) is 19.7 Å². The summed E-state index contributed by atoms with van der Waals surface area (Å²) in [6, 6.07) is 16.3. The standard InChI is InChI=1S/C27H28FN5O4/c1-17-10-13-19(14-11-17)37-20-15-12-18(2)22(16-20)31(27(3,4)5)25(34)33-26(35)32(29-30-33)24-21(28)8-7-9-23(24)36-6/h7-16H,1-6H3. The first-order valence-corrected chi connectivity index (χ1v) is 11.6. The molecule has 0 unspecified atom stereocenters. The molecule has 0 N–H and O–H groups in total. The fourth-order valence-corrected chi connectivity index (χ4v) is 3.85. The highest BCUT2D eigenvalue weighted by molar-refractivity contribution is 5.95. The fraction of sp³-hybridized carbons (Fsp3) is 0.259. The molecule has 0 atom stereocenters. The number of nitrogens with zero attached hydrogens (tertiary/aromatic N) is 5. The maximum atomic E-state index is 14.6. The molecule has 0 saturated heterocycles. The third kappa shape index (κ3) is 5.09. The molecule has 192 valence electrons. The molecule has 10 heteroatoms. The molecule has 4 aromatic rings. The van der Waals surface area contributed by atoms with Crippen LogP contribution in [-0.4, -0.2) is 38.5 Å². The summed E-state index contributed by atoms with van der Waals surface area (Å²) in [4.78, 5) is 28.4. The minimum absolute atomic E-state index is 0.0751. The highest BCUT2D eigenvalue weighted by Crippen LogP contribution is 2.33. The van der Waals surface area contributed by atoms with Gasteiger partial charge in [0.05, 0.1) is 12.8 Å². The lowest BCUT2D eigenvalue weighted by Crippen LogP contribution is -2.51. The van der Waals surface area contributed by atoms with Crippen molar-refractivity contribution in [1.82, 2.24) is 19.8 Å². The smallest absolute Gasteiger partial charge is 0.377 e. The first-order valence-electron chi connectivity index (χ1n) is 11.6. The largest absolute Gasteiger partial charge is 0.494 e. The third-order valence-electron chi connectivity index (χ3n) is 5.68. The first-order chi connectivity index (χ1) is 17.5. The summed E-state index contributed by atoms with van der Waals surface area (Å²) in [6.07, 6.45) is 0. The number of benzene rings is 3. The van der Waals surface area contributed by atoms with Crippen molar-refractivity contribution in [3.63, 3.8) is 0 Å². The Morgan fingerprint density at radius 1 is 0.973 bits per heavy atom. The van der Waals surface area contributed by atoms with E-state index in [-0.39, 0.29) is 11.4 Å². The van der Waals surface area contributed by atoms with Crippen molar-refractivity contribution in [3.8, 4) is 22.9 Å². The molecule has 0 spiro atoms. The van der Waals surface area contributed by atoms with Gasteiger partial charge in [0.15, 0.2) is 5.82 Å². The summed E-state index contributed by atoms with van der Waals surface area (Å²) < 4.78 is 27.1. The summed E-state index contributed by atoms with van der Waals surface area (Å²) in [5, 5.41) is 7.53. The number of amides is 1. The number of carbonyl (C=O) groups is 1. The van der Waals surface area contributed by atoms with E-state index in [0.29, 0.717) is 26.6 Å². The van der Waals surface area contributed by atoms with Gasteiger partial charge in [-0.15, -0.1) is 4.68 Å². The van der Waals surface area contributed by atoms with E-state index in [0.717, 1.165) is 17.2 Å². The SMILES string of the molecule is COc1cccc(F)c1-n1nnn(C(=O)N(c2cc(Oc3ccc(C)cc3)ccc2C)C(C)(C)C)c1=O. The van der Waals surface area contributed by atoms with Crippen LogP contribution in [0.3, 0.4) is 0 Å². The van der Waals surface area contributed by atoms with E-state index >= 15 is 0 Å². The molecule has 1 aromatic heterocycles. The normalized spacial score (nSPS) is 11.3. The van der Waals surface area contributed by atoms with Gasteiger partial charge in [0.1, 0.15) is 22.9 Å². The van der Waals surface area contributed by atoms with Gasteiger partial charge in [-0.25, -0.2) is 14.0 Å². The van der Waals surface area contributed by atoms with Crippen LogP contribution in [0.4, 0.5) is 14.9 Å². The Morgan fingerprint density at radius 3 is 2.30 bits per heavy atom. The van der Waals surface area contributed by atoms with E-state index in [1.54, 1.807) is 12.1 Å². The fourth-order valence-electron chi connectivity index (χ4n) is 3.85. The Morgan fingerprint density at radius 2 is 1.65 bits per heavy atom. The summed E-state index contributed by atoms with van der Waals surface area (Å²) in [6.45, 7) is 9.31. The van der Waals surface area contributed by atoms with Crippen molar-refractivity contribution in [2.45, 2.75) is 40.2 Å². The van der Waals surface area contributed by atoms with Gasteiger partial charge in [0.2, 0.25) is 0 Å². The average molecular weight is 506 g/mol. The molecule has 0 aliphatic heterocycles. The van der Waals surface area contributed by atoms with Gasteiger partial charge in [-0.2, -0.15) is 4.68 Å². The number of aromatic nitrogens is 4. The van der Waals surface area contributed by atoms with Crippen molar-refractivity contribution in [2.75, 3.05) is 12.0 Å². The minimum Gasteiger partial charge on any atom is -0.494 e. The van der Waals surface area contributed by atoms with E-state index in [4.69, 9.17) is 9.47 Å². The van der Waals surface area contributed by atoms with Crippen LogP contribution < -0.4 is 20.1 Å². The predicted octanol–water partition coefficient (Wildman–Crippen LogP) is 5.26. The average Bonchev–Trinajstić information content (AvgIpc) is 3.22. The highest BCUT2D eigenvalue weighted by atomic mass is 19.1. The zero-order chi connectivity index (χ0) is 26.9. The van der Waals surface area contributed by atoms with Crippen LogP contribution in [0.25, 0.3) is 5.69 Å². The van der Waals surface area contributed by atoms with Crippen LogP contribution in [0.15, 0.2) is 65.5 Å². The Labute approximate surface area is 213 Å². The van der Waals surface area contributed by atoms with Gasteiger partial charge in [-0.1, -0.05) is 29.8 Å². The third-order valence-corrected chi connectivity index (χ3v) is 5.68. The van der Waals surface area contributed by atoms with Crippen LogP contribution in [0.1, 0.15) is 31.9 Å². The lowest BCUT2D eigenvalue weighted by Gasteiger charge is -2.36. The number of aryl methyl sites for hydroxylation is 2. The number of carbonyl (C=O) groups excluding carboxylic acids is 1. The van der Waals surface area contributed by atoms with Gasteiger partial charge in [-0.05, 0) is 80.9 Å². The monoisotopic (exact) mass is 505 g/mol. The Balaban J connectivity index is 1.76. The maximum absolute atomic E-state index is 14.6. The molecular formula is C27H28FN5O4. The van der Waals surface area contributed by atoms with E-state index in [9.17, 15) is 14.0 Å². The van der Waals surface area contributed by atoms with E-state index in [1.807, 2.05) is 65.0 Å². The van der Waals surface area contributed by atoms with Gasteiger partial charge in [-0.3, -0.25) is 4.90 Å². The Bertz CT molecular complexity index is 1500. The molecule has 3 aromatic carbocycles. The molecular weight excluding hydrogens is 477 g/mol. The molecule has 0 aliphatic rings. The summed E-state index contributed by atoms with van der Waals surface area (Å²) in [5.74, 6) is 0.488. The van der Waals surface area contributed by atoms with E-state index in [2.05, 4.69) is 10.4 Å². The lowest BCUT2D eigenvalue weighted by molar-refractivity contribution is 0.238. The first kappa shape index (κ1) is 25.6. The van der Waals surface area contributed by atoms with Gasteiger partial charge in [0.25, 0.3) is 0 Å². The van der Waals surface area contributed by atoms with Crippen molar-refractivity contribution in [3.05, 3.63) is 88.1 Å². The number of tetrazole rings is 1. The van der Waals surface area contributed by atoms with Gasteiger partial charge in [0, 0.05) is 11.6 Å². The second kappa shape index (κ2) is 9.88. The molecule has 0 saturated carbocycles. The second-order valence-corrected chi connectivity index (χ2v) is 9.53. The number of anilines is 1. The van der Waals surface area contributed by atoms with Gasteiger partial charge >= 0.3 is 11.7 Å². The topological polar surface area (TPSA) is 91.5 Å². The summed E-state index contributed by atoms with van der Waals surface area (Å²) in [7, 11) is 1.34. The molecule has 0 aliphatic carbocycles. The van der Waals surface area contributed by atoms with E-state index in [1.165, 1.54) is 24.1 Å². The number of rotatable bonds is 5. The van der Waals surface area contributed by atoms with Crippen molar-refractivity contribution in [1.29, 1.82) is 0 Å². The van der Waals surface area contributed by atoms with Gasteiger partial charge < -0.3 is 9.47 Å². The molecule has 0 bridgehead atoms. The lowest BCUT2D eigenvalue weighted by atomic mass is 10.0. The molecule has 0 radical (unpaired) electrons. The summed E-state index contributed by atoms with van der Waals surface area (Å²) in [5.41, 5.74) is 0.451. The van der Waals surface area contributed by atoms with Crippen molar-refractivity contribution >= 4 is 11.7 Å². The number of hydrogen-bond acceptors (Lipinski definition) is 6. The zero-order valence-electron chi connectivity index (χ0n) is 21.5. The van der Waals surface area contributed by atoms with Crippen LogP contribution in [0.2, 0.25) is 0 Å². The molecule has 0 fully saturated rings. The molecule has 9 nitrogen and oxygen atoms in total. The number of hydrogen-bond donors (Lipinski definition) is 0. The molecule has 37 heavy (non-hydrogen) atoms. The number of methoxy groups -OCH3 is 1. The summed E-state index contributed by atoms with van der Waals surface area (Å²) >= 11 is 0. The van der Waals surface area contributed by atoms with E-state index < -0.39 is 23.1 Å². The maximum Gasteiger partial charge on any atom is 0.377 e. The number of para-hydroxylation sites is 1. The molecule has 1 amide bonds. The number of ether oxygens (including phenoxy) is 2. The Kier molecular flexibility index (Phi) is 6.84. The van der Waals surface area contributed by atoms with Crippen LogP contribution in [-0.2, 0) is 0 Å². The molecule has 4 rings (SSSR count). The molecule has 1 heterocycles. The zero-order valence-corrected chi connectivity index (χ0v) is 21.5. The second-order valence-electron chi connectivity index (χ2n) is 9.53. The minimum atomic E-state index is -0.938. The quantitative estimate of drug-likeness (QED) is 0.344. The van der Waals surface area contributed by atoms with Crippen molar-refractivity contribution in [2.24, 2.45) is 0 Å². The van der Waals surface area contributed by atoms with Crippen molar-refractivity contribution < 1.29 is 18.7 Å². The van der Waals surface area contributed by atoms with Crippen LogP contribution in [0.5, 0.6) is 17.2 Å².